The van der Waals surface area contributed by atoms with Crippen molar-refractivity contribution in [2.75, 3.05) is 25.0 Å². The number of nitrogens with zero attached hydrogens (tertiary/aromatic N) is 1. The molecular formula is C23H37N3O4S. The number of carbonyl (C=O) groups excluding carboxylic acids is 1. The third-order valence-corrected chi connectivity index (χ3v) is 8.13. The van der Waals surface area contributed by atoms with Gasteiger partial charge in [-0.1, -0.05) is 0 Å². The van der Waals surface area contributed by atoms with Crippen molar-refractivity contribution < 1.29 is 17.9 Å². The fourth-order valence-electron chi connectivity index (χ4n) is 4.37. The smallest absolute Gasteiger partial charge is 0.254 e. The Morgan fingerprint density at radius 3 is 2.19 bits per heavy atom. The minimum absolute atomic E-state index is 0.0516. The van der Waals surface area contributed by atoms with E-state index >= 15 is 0 Å². The van der Waals surface area contributed by atoms with Crippen LogP contribution < -0.4 is 10.0 Å². The summed E-state index contributed by atoms with van der Waals surface area (Å²) < 4.78 is 32.6. The van der Waals surface area contributed by atoms with E-state index in [0.29, 0.717) is 24.6 Å². The van der Waals surface area contributed by atoms with Crippen LogP contribution in [0, 0.1) is 5.92 Å². The quantitative estimate of drug-likeness (QED) is 0.665. The Morgan fingerprint density at radius 1 is 1.06 bits per heavy atom. The first-order valence-electron chi connectivity index (χ1n) is 11.4. The summed E-state index contributed by atoms with van der Waals surface area (Å²) in [6.45, 7) is 9.51. The van der Waals surface area contributed by atoms with Gasteiger partial charge in [0.1, 0.15) is 0 Å². The molecule has 2 aliphatic rings. The van der Waals surface area contributed by atoms with Crippen LogP contribution in [0.15, 0.2) is 24.3 Å². The molecule has 0 radical (unpaired) electrons. The monoisotopic (exact) mass is 451 g/mol. The second kappa shape index (κ2) is 10.3. The van der Waals surface area contributed by atoms with Gasteiger partial charge in [-0.3, -0.25) is 4.79 Å². The maximum Gasteiger partial charge on any atom is 0.254 e. The summed E-state index contributed by atoms with van der Waals surface area (Å²) in [6, 6.07) is 7.74. The van der Waals surface area contributed by atoms with Gasteiger partial charge in [0.25, 0.3) is 5.91 Å². The van der Waals surface area contributed by atoms with Crippen LogP contribution in [0.25, 0.3) is 0 Å². The van der Waals surface area contributed by atoms with Gasteiger partial charge in [0.15, 0.2) is 0 Å². The summed E-state index contributed by atoms with van der Waals surface area (Å²) in [4.78, 5) is 14.6. The molecule has 1 saturated carbocycles. The SMILES string of the molecule is CC(C)S(=O)(=O)NC1CCC(CNc2ccc(C(=O)N3C[C@@H](C)O[C@@H](C)C3)cc2)CC1. The summed E-state index contributed by atoms with van der Waals surface area (Å²) in [6.07, 6.45) is 3.88. The van der Waals surface area contributed by atoms with Crippen molar-refractivity contribution in [2.45, 2.75) is 76.9 Å². The van der Waals surface area contributed by atoms with Crippen molar-refractivity contribution in [2.24, 2.45) is 5.92 Å². The molecule has 3 rings (SSSR count). The van der Waals surface area contributed by atoms with Crippen LogP contribution in [0.1, 0.15) is 63.7 Å². The second-order valence-corrected chi connectivity index (χ2v) is 11.6. The summed E-state index contributed by atoms with van der Waals surface area (Å²) in [5, 5.41) is 3.08. The number of hydrogen-bond acceptors (Lipinski definition) is 5. The number of benzene rings is 1. The van der Waals surface area contributed by atoms with E-state index < -0.39 is 15.3 Å². The molecule has 174 valence electrons. The summed E-state index contributed by atoms with van der Waals surface area (Å²) in [5.41, 5.74) is 1.70. The highest BCUT2D eigenvalue weighted by molar-refractivity contribution is 7.90. The normalized spacial score (nSPS) is 27.3. The average Bonchev–Trinajstić information content (AvgIpc) is 2.72. The van der Waals surface area contributed by atoms with Gasteiger partial charge in [0, 0.05) is 36.9 Å². The highest BCUT2D eigenvalue weighted by Gasteiger charge is 2.27. The third-order valence-electron chi connectivity index (χ3n) is 6.23. The first-order chi connectivity index (χ1) is 14.6. The van der Waals surface area contributed by atoms with E-state index in [1.54, 1.807) is 13.8 Å². The molecule has 1 aliphatic heterocycles. The largest absolute Gasteiger partial charge is 0.385 e. The van der Waals surface area contributed by atoms with Crippen molar-refractivity contribution in [3.8, 4) is 0 Å². The van der Waals surface area contributed by atoms with Gasteiger partial charge in [0.2, 0.25) is 10.0 Å². The van der Waals surface area contributed by atoms with Gasteiger partial charge in [0.05, 0.1) is 17.5 Å². The lowest BCUT2D eigenvalue weighted by molar-refractivity contribution is -0.0586. The molecule has 0 spiro atoms. The van der Waals surface area contributed by atoms with Crippen LogP contribution in [0.3, 0.4) is 0 Å². The Morgan fingerprint density at radius 2 is 1.65 bits per heavy atom. The van der Waals surface area contributed by atoms with E-state index in [-0.39, 0.29) is 24.2 Å². The molecule has 31 heavy (non-hydrogen) atoms. The van der Waals surface area contributed by atoms with Crippen LogP contribution >= 0.6 is 0 Å². The Kier molecular flexibility index (Phi) is 7.99. The lowest BCUT2D eigenvalue weighted by Gasteiger charge is -2.35. The number of ether oxygens (including phenoxy) is 1. The number of sulfonamides is 1. The topological polar surface area (TPSA) is 87.7 Å². The minimum atomic E-state index is -3.20. The van der Waals surface area contributed by atoms with Crippen LogP contribution in [-0.2, 0) is 14.8 Å². The fraction of sp³-hybridized carbons (Fsp3) is 0.696. The van der Waals surface area contributed by atoms with Gasteiger partial charge < -0.3 is 15.0 Å². The standard InChI is InChI=1S/C23H37N3O4S/c1-16(2)31(28,29)25-22-9-5-19(6-10-22)13-24-21-11-7-20(8-12-21)23(27)26-14-17(3)30-18(4)15-26/h7-8,11-12,16-19,22,24-25H,5-6,9-10,13-15H2,1-4H3/t17-,18+,19?,22?. The molecule has 0 aromatic heterocycles. The molecule has 8 heteroatoms. The van der Waals surface area contributed by atoms with E-state index in [0.717, 1.165) is 37.9 Å². The zero-order valence-electron chi connectivity index (χ0n) is 19.1. The molecule has 1 aromatic rings. The van der Waals surface area contributed by atoms with Gasteiger partial charge in [-0.15, -0.1) is 0 Å². The van der Waals surface area contributed by atoms with Crippen molar-refractivity contribution in [1.82, 2.24) is 9.62 Å². The summed E-state index contributed by atoms with van der Waals surface area (Å²) >= 11 is 0. The number of rotatable bonds is 7. The first-order valence-corrected chi connectivity index (χ1v) is 13.0. The number of amides is 1. The molecule has 1 amide bonds. The van der Waals surface area contributed by atoms with Gasteiger partial charge >= 0.3 is 0 Å². The van der Waals surface area contributed by atoms with Crippen LogP contribution in [0.5, 0.6) is 0 Å². The first kappa shape index (κ1) is 24.0. The zero-order chi connectivity index (χ0) is 22.6. The van der Waals surface area contributed by atoms with Gasteiger partial charge in [-0.25, -0.2) is 13.1 Å². The molecule has 1 aliphatic carbocycles. The molecule has 7 nitrogen and oxygen atoms in total. The molecule has 2 N–H and O–H groups in total. The number of hydrogen-bond donors (Lipinski definition) is 2. The number of carbonyl (C=O) groups is 1. The molecule has 1 saturated heterocycles. The highest BCUT2D eigenvalue weighted by Crippen LogP contribution is 2.26. The van der Waals surface area contributed by atoms with E-state index in [2.05, 4.69) is 10.0 Å². The highest BCUT2D eigenvalue weighted by atomic mass is 32.2. The van der Waals surface area contributed by atoms with Crippen molar-refractivity contribution in [3.05, 3.63) is 29.8 Å². The number of nitrogens with one attached hydrogen (secondary N) is 2. The summed E-state index contributed by atoms with van der Waals surface area (Å²) in [5.74, 6) is 0.577. The lowest BCUT2D eigenvalue weighted by atomic mass is 9.86. The Balaban J connectivity index is 1.44. The maximum absolute atomic E-state index is 12.8. The third kappa shape index (κ3) is 6.67. The molecule has 1 aromatic carbocycles. The Labute approximate surface area is 187 Å². The number of morpholine rings is 1. The Bertz CT molecular complexity index is 823. The Hall–Kier alpha value is -1.64. The lowest BCUT2D eigenvalue weighted by Crippen LogP contribution is -2.48. The fourth-order valence-corrected chi connectivity index (χ4v) is 5.34. The molecule has 2 fully saturated rings. The van der Waals surface area contributed by atoms with Crippen molar-refractivity contribution in [3.63, 3.8) is 0 Å². The molecule has 1 heterocycles. The predicted octanol–water partition coefficient (Wildman–Crippen LogP) is 3.23. The van der Waals surface area contributed by atoms with E-state index in [1.807, 2.05) is 43.0 Å². The molecule has 0 bridgehead atoms. The minimum Gasteiger partial charge on any atom is -0.385 e. The average molecular weight is 452 g/mol. The van der Waals surface area contributed by atoms with E-state index in [4.69, 9.17) is 4.74 Å². The molecule has 0 unspecified atom stereocenters. The zero-order valence-corrected chi connectivity index (χ0v) is 20.0. The van der Waals surface area contributed by atoms with Crippen LogP contribution in [-0.4, -0.2) is 62.4 Å². The van der Waals surface area contributed by atoms with Gasteiger partial charge in [-0.05, 0) is 83.6 Å². The van der Waals surface area contributed by atoms with E-state index in [9.17, 15) is 13.2 Å². The van der Waals surface area contributed by atoms with E-state index in [1.165, 1.54) is 0 Å². The molecular weight excluding hydrogens is 414 g/mol. The molecule has 2 atom stereocenters. The van der Waals surface area contributed by atoms with Crippen molar-refractivity contribution in [1.29, 1.82) is 0 Å². The number of anilines is 1. The van der Waals surface area contributed by atoms with Crippen LogP contribution in [0.4, 0.5) is 5.69 Å². The van der Waals surface area contributed by atoms with Gasteiger partial charge in [-0.2, -0.15) is 0 Å². The van der Waals surface area contributed by atoms with Crippen molar-refractivity contribution >= 4 is 21.6 Å². The summed E-state index contributed by atoms with van der Waals surface area (Å²) in [7, 11) is -3.20. The maximum atomic E-state index is 12.8. The van der Waals surface area contributed by atoms with Crippen LogP contribution in [0.2, 0.25) is 0 Å². The predicted molar refractivity (Wildman–Crippen MR) is 124 cm³/mol. The second-order valence-electron chi connectivity index (χ2n) is 9.35.